The number of fused-ring (bicyclic) bond motifs is 1. The molecule has 2 heterocycles. The Labute approximate surface area is 204 Å². The quantitative estimate of drug-likeness (QED) is 0.249. The number of hydrogen-bond donors (Lipinski definition) is 0. The first-order chi connectivity index (χ1) is 17.0. The van der Waals surface area contributed by atoms with E-state index in [2.05, 4.69) is 9.72 Å². The van der Waals surface area contributed by atoms with Gasteiger partial charge in [0.15, 0.2) is 16.5 Å². The molecular weight excluding hydrogens is 511 g/mol. The minimum Gasteiger partial charge on any atom is -0.483 e. The zero-order valence-electron chi connectivity index (χ0n) is 18.0. The molecule has 4 aromatic rings. The van der Waals surface area contributed by atoms with Crippen molar-refractivity contribution in [1.82, 2.24) is 9.55 Å². The highest BCUT2D eigenvalue weighted by Crippen LogP contribution is 2.35. The van der Waals surface area contributed by atoms with E-state index in [4.69, 9.17) is 16.3 Å². The number of aromatic nitrogens is 2. The standard InChI is InChI=1S/C24H14ClF5N2O4/c25-20-21(35-12-15-4-5-16(26)8-18(15)27)19(36-23(34)24(28,29)30)11-32(22(20)33)10-14-3-1-2-13-9-31-7-6-17(13)14/h1-9,11H,10,12H2. The molecule has 0 saturated heterocycles. The lowest BCUT2D eigenvalue weighted by atomic mass is 10.1. The highest BCUT2D eigenvalue weighted by Gasteiger charge is 2.42. The Morgan fingerprint density at radius 2 is 1.86 bits per heavy atom. The van der Waals surface area contributed by atoms with E-state index in [-0.39, 0.29) is 12.1 Å². The summed E-state index contributed by atoms with van der Waals surface area (Å²) in [4.78, 5) is 28.5. The number of rotatable bonds is 6. The molecule has 6 nitrogen and oxygen atoms in total. The lowest BCUT2D eigenvalue weighted by Crippen LogP contribution is -2.29. The van der Waals surface area contributed by atoms with E-state index in [0.29, 0.717) is 11.6 Å². The third-order valence-corrected chi connectivity index (χ3v) is 5.41. The van der Waals surface area contributed by atoms with Gasteiger partial charge in [0, 0.05) is 29.4 Å². The van der Waals surface area contributed by atoms with Crippen LogP contribution < -0.4 is 15.0 Å². The van der Waals surface area contributed by atoms with Crippen LogP contribution in [0.5, 0.6) is 11.5 Å². The Balaban J connectivity index is 1.75. The van der Waals surface area contributed by atoms with Crippen molar-refractivity contribution >= 4 is 28.3 Å². The van der Waals surface area contributed by atoms with Gasteiger partial charge >= 0.3 is 12.1 Å². The molecule has 0 aliphatic rings. The summed E-state index contributed by atoms with van der Waals surface area (Å²) in [5.41, 5.74) is -0.457. The van der Waals surface area contributed by atoms with Crippen LogP contribution >= 0.6 is 11.6 Å². The monoisotopic (exact) mass is 524 g/mol. The van der Waals surface area contributed by atoms with Gasteiger partial charge in [-0.25, -0.2) is 13.6 Å². The number of carbonyl (C=O) groups is 1. The summed E-state index contributed by atoms with van der Waals surface area (Å²) in [5, 5.41) is 0.766. The van der Waals surface area contributed by atoms with Crippen molar-refractivity contribution in [3.05, 3.63) is 99.2 Å². The zero-order valence-corrected chi connectivity index (χ0v) is 18.7. The first kappa shape index (κ1) is 25.1. The predicted octanol–water partition coefficient (Wildman–Crippen LogP) is 5.42. The van der Waals surface area contributed by atoms with E-state index < -0.39 is 52.5 Å². The second kappa shape index (κ2) is 9.94. The normalized spacial score (nSPS) is 11.5. The minimum atomic E-state index is -5.36. The number of nitrogens with zero attached hydrogens (tertiary/aromatic N) is 2. The van der Waals surface area contributed by atoms with Crippen LogP contribution in [0.2, 0.25) is 5.02 Å². The maximum atomic E-state index is 14.0. The molecule has 0 N–H and O–H groups in total. The Morgan fingerprint density at radius 3 is 2.58 bits per heavy atom. The van der Waals surface area contributed by atoms with Crippen LogP contribution in [0, 0.1) is 11.6 Å². The summed E-state index contributed by atoms with van der Waals surface area (Å²) in [5.74, 6) is -5.97. The topological polar surface area (TPSA) is 70.4 Å². The Hall–Kier alpha value is -3.99. The van der Waals surface area contributed by atoms with Crippen molar-refractivity contribution in [2.75, 3.05) is 0 Å². The van der Waals surface area contributed by atoms with Crippen LogP contribution in [0.25, 0.3) is 10.8 Å². The SMILES string of the molecule is O=C(Oc1cn(Cc2cccc3cnccc23)c(=O)c(Cl)c1OCc1ccc(F)cc1F)C(F)(F)F. The molecule has 4 rings (SSSR count). The number of hydrogen-bond acceptors (Lipinski definition) is 5. The summed E-state index contributed by atoms with van der Waals surface area (Å²) >= 11 is 6.12. The molecule has 0 fully saturated rings. The van der Waals surface area contributed by atoms with E-state index in [1.807, 2.05) is 0 Å². The minimum absolute atomic E-state index is 0.149. The van der Waals surface area contributed by atoms with Gasteiger partial charge in [-0.1, -0.05) is 29.8 Å². The van der Waals surface area contributed by atoms with Gasteiger partial charge in [-0.05, 0) is 29.1 Å². The smallest absolute Gasteiger partial charge is 0.483 e. The summed E-state index contributed by atoms with van der Waals surface area (Å²) in [6.07, 6.45) is -1.40. The van der Waals surface area contributed by atoms with Crippen molar-refractivity contribution in [2.24, 2.45) is 0 Å². The maximum absolute atomic E-state index is 14.0. The first-order valence-electron chi connectivity index (χ1n) is 10.1. The summed E-state index contributed by atoms with van der Waals surface area (Å²) in [7, 11) is 0. The van der Waals surface area contributed by atoms with Crippen molar-refractivity contribution in [1.29, 1.82) is 0 Å². The second-order valence-electron chi connectivity index (χ2n) is 7.50. The van der Waals surface area contributed by atoms with Crippen LogP contribution in [0.1, 0.15) is 11.1 Å². The van der Waals surface area contributed by atoms with Gasteiger partial charge < -0.3 is 14.0 Å². The van der Waals surface area contributed by atoms with E-state index >= 15 is 0 Å². The Bertz CT molecular complexity index is 1520. The predicted molar refractivity (Wildman–Crippen MR) is 119 cm³/mol. The van der Waals surface area contributed by atoms with Gasteiger partial charge in [0.1, 0.15) is 18.2 Å². The van der Waals surface area contributed by atoms with Gasteiger partial charge in [0.25, 0.3) is 5.56 Å². The van der Waals surface area contributed by atoms with Crippen molar-refractivity contribution in [3.63, 3.8) is 0 Å². The molecule has 0 radical (unpaired) electrons. The molecule has 0 aliphatic heterocycles. The van der Waals surface area contributed by atoms with Crippen LogP contribution in [-0.2, 0) is 17.9 Å². The van der Waals surface area contributed by atoms with Crippen LogP contribution in [-0.4, -0.2) is 21.7 Å². The number of benzene rings is 2. The van der Waals surface area contributed by atoms with E-state index in [1.54, 1.807) is 30.5 Å². The zero-order chi connectivity index (χ0) is 26.0. The molecule has 186 valence electrons. The van der Waals surface area contributed by atoms with Crippen molar-refractivity contribution in [2.45, 2.75) is 19.3 Å². The molecule has 0 atom stereocenters. The summed E-state index contributed by atoms with van der Waals surface area (Å²) < 4.78 is 76.5. The lowest BCUT2D eigenvalue weighted by molar-refractivity contribution is -0.189. The number of carbonyl (C=O) groups excluding carboxylic acids is 1. The third kappa shape index (κ3) is 5.30. The molecule has 12 heteroatoms. The molecule has 2 aromatic heterocycles. The van der Waals surface area contributed by atoms with Crippen molar-refractivity contribution < 1.29 is 36.2 Å². The average molecular weight is 525 g/mol. The van der Waals surface area contributed by atoms with Crippen LogP contribution in [0.3, 0.4) is 0 Å². The lowest BCUT2D eigenvalue weighted by Gasteiger charge is -2.17. The Kier molecular flexibility index (Phi) is 6.93. The van der Waals surface area contributed by atoms with Crippen LogP contribution in [0.15, 0.2) is 65.8 Å². The molecule has 0 unspecified atom stereocenters. The van der Waals surface area contributed by atoms with Crippen LogP contribution in [0.4, 0.5) is 22.0 Å². The molecule has 0 aliphatic carbocycles. The largest absolute Gasteiger partial charge is 0.491 e. The molecule has 0 amide bonds. The summed E-state index contributed by atoms with van der Waals surface area (Å²) in [6.45, 7) is -0.800. The van der Waals surface area contributed by atoms with E-state index in [9.17, 15) is 31.5 Å². The summed E-state index contributed by atoms with van der Waals surface area (Å²) in [6, 6.07) is 9.40. The van der Waals surface area contributed by atoms with Gasteiger partial charge in [-0.2, -0.15) is 13.2 Å². The van der Waals surface area contributed by atoms with Crippen molar-refractivity contribution in [3.8, 4) is 11.5 Å². The number of halogens is 6. The average Bonchev–Trinajstić information content (AvgIpc) is 2.82. The van der Waals surface area contributed by atoms with E-state index in [0.717, 1.165) is 33.7 Å². The maximum Gasteiger partial charge on any atom is 0.491 e. The van der Waals surface area contributed by atoms with Gasteiger partial charge in [-0.15, -0.1) is 0 Å². The number of esters is 1. The fourth-order valence-electron chi connectivity index (χ4n) is 3.37. The molecular formula is C24H14ClF5N2O4. The highest BCUT2D eigenvalue weighted by molar-refractivity contribution is 6.32. The molecule has 0 saturated carbocycles. The first-order valence-corrected chi connectivity index (χ1v) is 10.5. The van der Waals surface area contributed by atoms with Gasteiger partial charge in [0.05, 0.1) is 12.7 Å². The third-order valence-electron chi connectivity index (χ3n) is 5.08. The highest BCUT2D eigenvalue weighted by atomic mass is 35.5. The number of pyridine rings is 2. The fourth-order valence-corrected chi connectivity index (χ4v) is 3.63. The van der Waals surface area contributed by atoms with E-state index in [1.165, 1.54) is 6.20 Å². The van der Waals surface area contributed by atoms with Gasteiger partial charge in [0.2, 0.25) is 0 Å². The molecule has 36 heavy (non-hydrogen) atoms. The van der Waals surface area contributed by atoms with Gasteiger partial charge in [-0.3, -0.25) is 9.78 Å². The molecule has 0 bridgehead atoms. The second-order valence-corrected chi connectivity index (χ2v) is 7.87. The number of ether oxygens (including phenoxy) is 2. The fraction of sp³-hybridized carbons (Fsp3) is 0.125. The number of alkyl halides is 3. The Morgan fingerprint density at radius 1 is 1.08 bits per heavy atom. The molecule has 2 aromatic carbocycles. The molecule has 0 spiro atoms.